The largest absolute Gasteiger partial charge is 0.372 e. The lowest BCUT2D eigenvalue weighted by Crippen LogP contribution is -2.43. The molecule has 2 aromatic carbocycles. The smallest absolute Gasteiger partial charge is 0.231 e. The zero-order chi connectivity index (χ0) is 20.3. The summed E-state index contributed by atoms with van der Waals surface area (Å²) in [5, 5.41) is 3.33. The second kappa shape index (κ2) is 8.61. The topological polar surface area (TPSA) is 32.3 Å². The maximum atomic E-state index is 13.4. The predicted molar refractivity (Wildman–Crippen MR) is 120 cm³/mol. The van der Waals surface area contributed by atoms with Crippen molar-refractivity contribution in [2.45, 2.75) is 63.8 Å². The van der Waals surface area contributed by atoms with Gasteiger partial charge < -0.3 is 10.2 Å². The standard InChI is InChI=1S/C26H34N2O/c1-20-14-18-28(19-15-20)24-12-10-22(11-13-24)21(2)27-25(29)26(16-6-7-17-26)23-8-4-3-5-9-23/h3-5,8-13,20-21H,6-7,14-19H2,1-2H3,(H,27,29)/t21-/m0/s1. The molecule has 1 aliphatic carbocycles. The molecule has 0 aromatic heterocycles. The molecule has 1 amide bonds. The van der Waals surface area contributed by atoms with Crippen LogP contribution in [0.1, 0.15) is 69.5 Å². The molecule has 0 radical (unpaired) electrons. The number of piperidine rings is 1. The van der Waals surface area contributed by atoms with Gasteiger partial charge in [0.1, 0.15) is 0 Å². The summed E-state index contributed by atoms with van der Waals surface area (Å²) in [6.07, 6.45) is 6.69. The van der Waals surface area contributed by atoms with Gasteiger partial charge in [0.05, 0.1) is 11.5 Å². The van der Waals surface area contributed by atoms with Gasteiger partial charge in [0.25, 0.3) is 0 Å². The highest BCUT2D eigenvalue weighted by Gasteiger charge is 2.42. The number of rotatable bonds is 5. The summed E-state index contributed by atoms with van der Waals surface area (Å²) in [4.78, 5) is 15.9. The quantitative estimate of drug-likeness (QED) is 0.719. The van der Waals surface area contributed by atoms with Gasteiger partial charge in [-0.3, -0.25) is 4.79 Å². The summed E-state index contributed by atoms with van der Waals surface area (Å²) in [6.45, 7) is 6.74. The second-order valence-electron chi connectivity index (χ2n) is 9.11. The maximum Gasteiger partial charge on any atom is 0.231 e. The lowest BCUT2D eigenvalue weighted by atomic mass is 9.77. The van der Waals surface area contributed by atoms with Crippen LogP contribution < -0.4 is 10.2 Å². The highest BCUT2D eigenvalue weighted by atomic mass is 16.2. The van der Waals surface area contributed by atoms with E-state index in [0.29, 0.717) is 0 Å². The van der Waals surface area contributed by atoms with Crippen molar-refractivity contribution >= 4 is 11.6 Å². The van der Waals surface area contributed by atoms with E-state index in [9.17, 15) is 4.79 Å². The third-order valence-electron chi connectivity index (χ3n) is 7.11. The fourth-order valence-corrected chi connectivity index (χ4v) is 5.04. The molecule has 1 aliphatic heterocycles. The SMILES string of the molecule is CC1CCN(c2ccc([C@H](C)NC(=O)C3(c4ccccc4)CCCC3)cc2)CC1. The molecule has 1 heterocycles. The second-order valence-corrected chi connectivity index (χ2v) is 9.11. The molecule has 3 heteroatoms. The Bertz CT molecular complexity index is 800. The third kappa shape index (κ3) is 4.19. The first-order chi connectivity index (χ1) is 14.1. The van der Waals surface area contributed by atoms with Gasteiger partial charge >= 0.3 is 0 Å². The third-order valence-corrected chi connectivity index (χ3v) is 7.11. The predicted octanol–water partition coefficient (Wildman–Crippen LogP) is 5.61. The normalized spacial score (nSPS) is 20.4. The Kier molecular flexibility index (Phi) is 5.94. The van der Waals surface area contributed by atoms with Crippen LogP contribution >= 0.6 is 0 Å². The van der Waals surface area contributed by atoms with Crippen molar-refractivity contribution in [2.24, 2.45) is 5.92 Å². The van der Waals surface area contributed by atoms with Crippen molar-refractivity contribution < 1.29 is 4.79 Å². The number of hydrogen-bond acceptors (Lipinski definition) is 2. The number of amides is 1. The van der Waals surface area contributed by atoms with E-state index in [-0.39, 0.29) is 17.4 Å². The van der Waals surface area contributed by atoms with E-state index in [2.05, 4.69) is 60.5 Å². The van der Waals surface area contributed by atoms with Crippen molar-refractivity contribution in [3.05, 3.63) is 65.7 Å². The summed E-state index contributed by atoms with van der Waals surface area (Å²) in [7, 11) is 0. The van der Waals surface area contributed by atoms with E-state index in [1.165, 1.54) is 24.1 Å². The highest BCUT2D eigenvalue weighted by molar-refractivity contribution is 5.89. The minimum absolute atomic E-state index is 0.0131. The van der Waals surface area contributed by atoms with Crippen molar-refractivity contribution in [2.75, 3.05) is 18.0 Å². The Labute approximate surface area is 175 Å². The molecule has 154 valence electrons. The van der Waals surface area contributed by atoms with Crippen LogP contribution in [0, 0.1) is 5.92 Å². The summed E-state index contributed by atoms with van der Waals surface area (Å²) >= 11 is 0. The first-order valence-corrected chi connectivity index (χ1v) is 11.3. The van der Waals surface area contributed by atoms with Crippen LogP contribution in [0.4, 0.5) is 5.69 Å². The highest BCUT2D eigenvalue weighted by Crippen LogP contribution is 2.41. The number of carbonyl (C=O) groups excluding carboxylic acids is 1. The Balaban J connectivity index is 1.44. The zero-order valence-corrected chi connectivity index (χ0v) is 17.9. The minimum Gasteiger partial charge on any atom is -0.372 e. The van der Waals surface area contributed by atoms with Gasteiger partial charge in [-0.05, 0) is 61.8 Å². The van der Waals surface area contributed by atoms with Crippen LogP contribution in [0.15, 0.2) is 54.6 Å². The summed E-state index contributed by atoms with van der Waals surface area (Å²) in [5.74, 6) is 1.02. The molecule has 1 saturated heterocycles. The molecule has 0 spiro atoms. The average molecular weight is 391 g/mol. The maximum absolute atomic E-state index is 13.4. The summed E-state index contributed by atoms with van der Waals surface area (Å²) in [5.41, 5.74) is 3.28. The molecule has 1 saturated carbocycles. The van der Waals surface area contributed by atoms with Crippen LogP contribution in [0.5, 0.6) is 0 Å². The number of hydrogen-bond donors (Lipinski definition) is 1. The van der Waals surface area contributed by atoms with Crippen molar-refractivity contribution in [3.8, 4) is 0 Å². The van der Waals surface area contributed by atoms with Crippen LogP contribution in [-0.2, 0) is 10.2 Å². The zero-order valence-electron chi connectivity index (χ0n) is 17.9. The van der Waals surface area contributed by atoms with Gasteiger partial charge in [-0.25, -0.2) is 0 Å². The number of benzene rings is 2. The fraction of sp³-hybridized carbons (Fsp3) is 0.500. The van der Waals surface area contributed by atoms with Crippen LogP contribution in [-0.4, -0.2) is 19.0 Å². The minimum atomic E-state index is -0.361. The molecule has 29 heavy (non-hydrogen) atoms. The number of anilines is 1. The molecule has 4 rings (SSSR count). The average Bonchev–Trinajstić information content (AvgIpc) is 3.26. The molecular formula is C26H34N2O. The molecule has 2 aromatic rings. The van der Waals surface area contributed by atoms with Gasteiger partial charge in [0.2, 0.25) is 5.91 Å². The Morgan fingerprint density at radius 3 is 2.24 bits per heavy atom. The summed E-state index contributed by atoms with van der Waals surface area (Å²) < 4.78 is 0. The number of nitrogens with one attached hydrogen (secondary N) is 1. The molecule has 1 N–H and O–H groups in total. The molecule has 2 aliphatic rings. The lowest BCUT2D eigenvalue weighted by Gasteiger charge is -2.32. The van der Waals surface area contributed by atoms with E-state index >= 15 is 0 Å². The van der Waals surface area contributed by atoms with E-state index in [1.807, 2.05) is 18.2 Å². The van der Waals surface area contributed by atoms with Crippen LogP contribution in [0.25, 0.3) is 0 Å². The van der Waals surface area contributed by atoms with E-state index in [4.69, 9.17) is 0 Å². The first kappa shape index (κ1) is 20.0. The number of carbonyl (C=O) groups is 1. The van der Waals surface area contributed by atoms with E-state index in [0.717, 1.165) is 50.3 Å². The van der Waals surface area contributed by atoms with E-state index < -0.39 is 0 Å². The molecule has 1 atom stereocenters. The van der Waals surface area contributed by atoms with Crippen molar-refractivity contribution in [3.63, 3.8) is 0 Å². The molecule has 0 unspecified atom stereocenters. The molecule has 0 bridgehead atoms. The van der Waals surface area contributed by atoms with Crippen molar-refractivity contribution in [1.82, 2.24) is 5.32 Å². The monoisotopic (exact) mass is 390 g/mol. The van der Waals surface area contributed by atoms with Gasteiger partial charge in [0.15, 0.2) is 0 Å². The molecular weight excluding hydrogens is 356 g/mol. The van der Waals surface area contributed by atoms with Gasteiger partial charge in [-0.1, -0.05) is 62.2 Å². The van der Waals surface area contributed by atoms with Crippen molar-refractivity contribution in [1.29, 1.82) is 0 Å². The van der Waals surface area contributed by atoms with Crippen LogP contribution in [0.2, 0.25) is 0 Å². The lowest BCUT2D eigenvalue weighted by molar-refractivity contribution is -0.127. The van der Waals surface area contributed by atoms with E-state index in [1.54, 1.807) is 0 Å². The Morgan fingerprint density at radius 2 is 1.62 bits per heavy atom. The number of nitrogens with zero attached hydrogens (tertiary/aromatic N) is 1. The first-order valence-electron chi connectivity index (χ1n) is 11.3. The Morgan fingerprint density at radius 1 is 1.00 bits per heavy atom. The molecule has 3 nitrogen and oxygen atoms in total. The fourth-order valence-electron chi connectivity index (χ4n) is 5.04. The van der Waals surface area contributed by atoms with Gasteiger partial charge in [-0.2, -0.15) is 0 Å². The Hall–Kier alpha value is -2.29. The summed E-state index contributed by atoms with van der Waals surface area (Å²) in [6, 6.07) is 19.2. The van der Waals surface area contributed by atoms with Gasteiger partial charge in [-0.15, -0.1) is 0 Å². The molecule has 2 fully saturated rings. The van der Waals surface area contributed by atoms with Gasteiger partial charge in [0, 0.05) is 18.8 Å². The van der Waals surface area contributed by atoms with Crippen LogP contribution in [0.3, 0.4) is 0 Å².